The van der Waals surface area contributed by atoms with E-state index in [-0.39, 0.29) is 6.42 Å². The lowest BCUT2D eigenvalue weighted by molar-refractivity contribution is 0.0518. The maximum Gasteiger partial charge on any atom is 0.407 e. The number of nitrogens with one attached hydrogen (secondary N) is 1. The van der Waals surface area contributed by atoms with E-state index in [1.165, 1.54) is 0 Å². The molecule has 1 aromatic carbocycles. The Hall–Kier alpha value is -1.75. The molecule has 0 radical (unpaired) electrons. The molecular formula is C14H22N2O3. The number of nitrogens with two attached hydrogens (primary N) is 1. The average Bonchev–Trinajstić information content (AvgIpc) is 2.24. The quantitative estimate of drug-likeness (QED) is 0.731. The lowest BCUT2D eigenvalue weighted by Gasteiger charge is -2.20. The molecule has 1 rings (SSSR count). The van der Waals surface area contributed by atoms with Crippen molar-refractivity contribution < 1.29 is 17.4 Å². The van der Waals surface area contributed by atoms with Crippen LogP contribution in [0.1, 0.15) is 41.6 Å². The number of carbonyl (C=O) groups excluding carboxylic acids is 1. The van der Waals surface area contributed by atoms with Crippen LogP contribution in [0.15, 0.2) is 24.3 Å². The van der Waals surface area contributed by atoms with Crippen LogP contribution in [-0.4, -0.2) is 23.3 Å². The molecule has 0 bridgehead atoms. The second-order valence-electron chi connectivity index (χ2n) is 5.19. The fourth-order valence-corrected chi connectivity index (χ4v) is 1.41. The van der Waals surface area contributed by atoms with E-state index in [0.717, 1.165) is 0 Å². The van der Waals surface area contributed by atoms with Crippen molar-refractivity contribution in [2.75, 3.05) is 12.2 Å². The number of amides is 1. The minimum Gasteiger partial charge on any atom is -0.444 e. The van der Waals surface area contributed by atoms with Crippen LogP contribution in [0.2, 0.25) is 0 Å². The Balaban J connectivity index is 2.65. The maximum absolute atomic E-state index is 11.6. The summed E-state index contributed by atoms with van der Waals surface area (Å²) in [4.78, 5) is 11.6. The highest BCUT2D eigenvalue weighted by Gasteiger charge is 2.16. The van der Waals surface area contributed by atoms with Gasteiger partial charge in [0, 0.05) is 14.9 Å². The van der Waals surface area contributed by atoms with Crippen molar-refractivity contribution in [3.8, 4) is 0 Å². The summed E-state index contributed by atoms with van der Waals surface area (Å²) in [5, 5.41) is 12.1. The second-order valence-corrected chi connectivity index (χ2v) is 5.19. The Labute approximate surface area is 116 Å². The van der Waals surface area contributed by atoms with Crippen molar-refractivity contribution in [3.63, 3.8) is 0 Å². The third-order valence-corrected chi connectivity index (χ3v) is 2.18. The van der Waals surface area contributed by atoms with Crippen LogP contribution in [0.3, 0.4) is 0 Å². The first kappa shape index (κ1) is 12.3. The number of hydrogen-bond acceptors (Lipinski definition) is 4. The average molecular weight is 268 g/mol. The Kier molecular flexibility index (Phi) is 4.16. The minimum atomic E-state index is -2.10. The molecule has 106 valence electrons. The fraction of sp³-hybridized carbons (Fsp3) is 0.500. The molecule has 0 aromatic heterocycles. The van der Waals surface area contributed by atoms with E-state index in [1.54, 1.807) is 45.0 Å². The largest absolute Gasteiger partial charge is 0.444 e. The number of alkyl carbamates (subject to hydrolysis) is 1. The number of ether oxygens (including phenoxy) is 1. The number of hydrogen-bond donors (Lipinski definition) is 3. The van der Waals surface area contributed by atoms with Crippen LogP contribution in [0.25, 0.3) is 0 Å². The van der Waals surface area contributed by atoms with E-state index >= 15 is 0 Å². The van der Waals surface area contributed by atoms with Gasteiger partial charge in [-0.2, -0.15) is 0 Å². The Morgan fingerprint density at radius 2 is 2.26 bits per heavy atom. The van der Waals surface area contributed by atoms with Crippen LogP contribution in [0.4, 0.5) is 10.5 Å². The van der Waals surface area contributed by atoms with Gasteiger partial charge in [-0.3, -0.25) is 0 Å². The monoisotopic (exact) mass is 268 g/mol. The number of aliphatic hydroxyl groups is 1. The number of rotatable bonds is 4. The van der Waals surface area contributed by atoms with E-state index in [2.05, 4.69) is 5.32 Å². The number of benzene rings is 1. The first-order valence-corrected chi connectivity index (χ1v) is 6.03. The van der Waals surface area contributed by atoms with Crippen molar-refractivity contribution in [3.05, 3.63) is 29.8 Å². The van der Waals surface area contributed by atoms with Crippen molar-refractivity contribution in [2.45, 2.75) is 38.9 Å². The zero-order chi connectivity index (χ0) is 16.3. The van der Waals surface area contributed by atoms with Gasteiger partial charge in [0.05, 0.1) is 6.10 Å². The summed E-state index contributed by atoms with van der Waals surface area (Å²) in [6, 6.07) is 6.55. The van der Waals surface area contributed by atoms with Gasteiger partial charge in [0.25, 0.3) is 0 Å². The first-order chi connectivity index (χ1) is 9.48. The molecule has 1 atom stereocenters. The van der Waals surface area contributed by atoms with Crippen LogP contribution in [-0.2, 0) is 4.74 Å². The molecular weight excluding hydrogens is 244 g/mol. The van der Waals surface area contributed by atoms with Crippen LogP contribution < -0.4 is 11.1 Å². The highest BCUT2D eigenvalue weighted by Crippen LogP contribution is 2.18. The fourth-order valence-electron chi connectivity index (χ4n) is 1.41. The predicted molar refractivity (Wildman–Crippen MR) is 74.7 cm³/mol. The molecule has 0 spiro atoms. The molecule has 0 heterocycles. The van der Waals surface area contributed by atoms with Gasteiger partial charge in [-0.1, -0.05) is 12.1 Å². The van der Waals surface area contributed by atoms with Gasteiger partial charge < -0.3 is 20.9 Å². The topological polar surface area (TPSA) is 84.6 Å². The van der Waals surface area contributed by atoms with E-state index in [0.29, 0.717) is 11.3 Å². The van der Waals surface area contributed by atoms with Gasteiger partial charge >= 0.3 is 6.09 Å². The van der Waals surface area contributed by atoms with E-state index < -0.39 is 24.3 Å². The van der Waals surface area contributed by atoms with Crippen LogP contribution >= 0.6 is 0 Å². The lowest BCUT2D eigenvalue weighted by Crippen LogP contribution is -2.33. The molecule has 1 aromatic rings. The van der Waals surface area contributed by atoms with Crippen molar-refractivity contribution >= 4 is 11.8 Å². The molecule has 0 fully saturated rings. The molecule has 0 aliphatic heterocycles. The highest BCUT2D eigenvalue weighted by atomic mass is 16.6. The van der Waals surface area contributed by atoms with Gasteiger partial charge in [-0.15, -0.1) is 0 Å². The molecule has 1 unspecified atom stereocenters. The number of anilines is 1. The molecule has 1 amide bonds. The molecule has 19 heavy (non-hydrogen) atoms. The van der Waals surface area contributed by atoms with Crippen LogP contribution in [0, 0.1) is 0 Å². The van der Waals surface area contributed by atoms with Gasteiger partial charge in [-0.25, -0.2) is 4.79 Å². The molecule has 0 saturated heterocycles. The van der Waals surface area contributed by atoms with Crippen molar-refractivity contribution in [2.24, 2.45) is 0 Å². The Morgan fingerprint density at radius 1 is 1.58 bits per heavy atom. The molecule has 4 N–H and O–H groups in total. The second kappa shape index (κ2) is 6.43. The van der Waals surface area contributed by atoms with Gasteiger partial charge in [-0.05, 0) is 44.9 Å². The minimum absolute atomic E-state index is 0.310. The Bertz CT molecular complexity index is 501. The SMILES string of the molecule is [2H]C([2H])(CC(O)c1cccc(N)c1)NC(=O)OC(C)(C)C. The lowest BCUT2D eigenvalue weighted by atomic mass is 10.1. The van der Waals surface area contributed by atoms with Crippen molar-refractivity contribution in [1.82, 2.24) is 5.32 Å². The third kappa shape index (κ3) is 6.10. The summed E-state index contributed by atoms with van der Waals surface area (Å²) >= 11 is 0. The predicted octanol–water partition coefficient (Wildman–Crippen LogP) is 2.22. The van der Waals surface area contributed by atoms with E-state index in [1.807, 2.05) is 0 Å². The zero-order valence-corrected chi connectivity index (χ0v) is 11.4. The summed E-state index contributed by atoms with van der Waals surface area (Å²) in [5.41, 5.74) is 5.87. The standard InChI is InChI=1S/C14H22N2O3/c1-14(2,3)19-13(18)16-8-7-12(17)10-5-4-6-11(15)9-10/h4-6,9,12,17H,7-8,15H2,1-3H3,(H,16,18)/i8D2. The molecule has 0 saturated carbocycles. The Morgan fingerprint density at radius 3 is 2.84 bits per heavy atom. The maximum atomic E-state index is 11.6. The van der Waals surface area contributed by atoms with E-state index in [4.69, 9.17) is 13.2 Å². The number of nitrogen functional groups attached to an aromatic ring is 1. The molecule has 0 aliphatic rings. The first-order valence-electron chi connectivity index (χ1n) is 7.03. The highest BCUT2D eigenvalue weighted by molar-refractivity contribution is 5.67. The van der Waals surface area contributed by atoms with Gasteiger partial charge in [0.2, 0.25) is 0 Å². The van der Waals surface area contributed by atoms with Gasteiger partial charge in [0.1, 0.15) is 5.60 Å². The van der Waals surface area contributed by atoms with Crippen LogP contribution in [0.5, 0.6) is 0 Å². The van der Waals surface area contributed by atoms with E-state index in [9.17, 15) is 9.90 Å². The molecule has 0 aliphatic carbocycles. The summed E-state index contributed by atoms with van der Waals surface area (Å²) in [5.74, 6) is 0. The molecule has 5 nitrogen and oxygen atoms in total. The summed E-state index contributed by atoms with van der Waals surface area (Å²) in [6.45, 7) is 2.95. The van der Waals surface area contributed by atoms with Crippen molar-refractivity contribution in [1.29, 1.82) is 0 Å². The normalized spacial score (nSPS) is 15.2. The number of carbonyl (C=O) groups is 1. The summed E-state index contributed by atoms with van der Waals surface area (Å²) < 4.78 is 20.5. The third-order valence-electron chi connectivity index (χ3n) is 2.18. The summed E-state index contributed by atoms with van der Waals surface area (Å²) in [6.07, 6.45) is -2.26. The zero-order valence-electron chi connectivity index (χ0n) is 13.4. The van der Waals surface area contributed by atoms with Gasteiger partial charge in [0.15, 0.2) is 0 Å². The number of aliphatic hydroxyl groups excluding tert-OH is 1. The summed E-state index contributed by atoms with van der Waals surface area (Å²) in [7, 11) is 0. The smallest absolute Gasteiger partial charge is 0.407 e. The molecule has 5 heteroatoms.